The van der Waals surface area contributed by atoms with Gasteiger partial charge in [-0.05, 0) is 19.8 Å². The maximum absolute atomic E-state index is 12.0. The first-order valence-electron chi connectivity index (χ1n) is 5.93. The van der Waals surface area contributed by atoms with Gasteiger partial charge in [-0.2, -0.15) is 0 Å². The normalized spacial score (nSPS) is 27.9. The monoisotopic (exact) mass is 263 g/mol. The molecule has 1 aliphatic rings. The van der Waals surface area contributed by atoms with Crippen molar-refractivity contribution in [3.63, 3.8) is 0 Å². The van der Waals surface area contributed by atoms with E-state index in [-0.39, 0.29) is 17.9 Å². The molecule has 1 rings (SSSR count). The number of carbonyl (C=O) groups is 1. The van der Waals surface area contributed by atoms with Crippen LogP contribution in [0.4, 0.5) is 0 Å². The molecule has 0 aromatic heterocycles. The largest absolute Gasteiger partial charge is 0.393 e. The fourth-order valence-electron chi connectivity index (χ4n) is 2.06. The van der Waals surface area contributed by atoms with E-state index in [0.29, 0.717) is 19.5 Å². The van der Waals surface area contributed by atoms with Gasteiger partial charge in [0.15, 0.2) is 9.84 Å². The van der Waals surface area contributed by atoms with Gasteiger partial charge in [-0.15, -0.1) is 0 Å². The number of aliphatic hydroxyl groups excluding tert-OH is 1. The lowest BCUT2D eigenvalue weighted by Gasteiger charge is -2.36. The highest BCUT2D eigenvalue weighted by atomic mass is 32.2. The molecule has 1 heterocycles. The molecular formula is C11H21NO4S. The average molecular weight is 263 g/mol. The lowest BCUT2D eigenvalue weighted by atomic mass is 9.92. The molecule has 3 atom stereocenters. The van der Waals surface area contributed by atoms with E-state index in [1.165, 1.54) is 6.92 Å². The highest BCUT2D eigenvalue weighted by molar-refractivity contribution is 7.92. The number of sulfone groups is 1. The SMILES string of the molecule is CCC1CN(C(=O)C(C)S(C)(=O)=O)CCC1O. The van der Waals surface area contributed by atoms with Crippen LogP contribution in [0.2, 0.25) is 0 Å². The van der Waals surface area contributed by atoms with Crippen molar-refractivity contribution in [1.82, 2.24) is 4.90 Å². The van der Waals surface area contributed by atoms with Gasteiger partial charge in [-0.25, -0.2) is 8.42 Å². The van der Waals surface area contributed by atoms with Crippen molar-refractivity contribution in [3.8, 4) is 0 Å². The van der Waals surface area contributed by atoms with Crippen LogP contribution < -0.4 is 0 Å². The molecule has 0 aliphatic carbocycles. The van der Waals surface area contributed by atoms with Crippen molar-refractivity contribution in [3.05, 3.63) is 0 Å². The molecule has 0 aromatic rings. The number of amides is 1. The smallest absolute Gasteiger partial charge is 0.240 e. The molecule has 0 bridgehead atoms. The van der Waals surface area contributed by atoms with E-state index in [0.717, 1.165) is 12.7 Å². The summed E-state index contributed by atoms with van der Waals surface area (Å²) in [5.41, 5.74) is 0. The molecule has 1 N–H and O–H groups in total. The van der Waals surface area contributed by atoms with E-state index in [1.807, 2.05) is 6.92 Å². The fourth-order valence-corrected chi connectivity index (χ4v) is 2.58. The third-order valence-corrected chi connectivity index (χ3v) is 5.01. The summed E-state index contributed by atoms with van der Waals surface area (Å²) in [7, 11) is -3.34. The lowest BCUT2D eigenvalue weighted by molar-refractivity contribution is -0.134. The Morgan fingerprint density at radius 1 is 1.53 bits per heavy atom. The second kappa shape index (κ2) is 5.35. The molecule has 3 unspecified atom stereocenters. The molecular weight excluding hydrogens is 242 g/mol. The molecule has 17 heavy (non-hydrogen) atoms. The van der Waals surface area contributed by atoms with E-state index < -0.39 is 15.1 Å². The Hall–Kier alpha value is -0.620. The van der Waals surface area contributed by atoms with E-state index in [2.05, 4.69) is 0 Å². The summed E-state index contributed by atoms with van der Waals surface area (Å²) in [5.74, 6) is -0.294. The number of carbonyl (C=O) groups excluding carboxylic acids is 1. The van der Waals surface area contributed by atoms with Crippen LogP contribution in [0.1, 0.15) is 26.7 Å². The predicted molar refractivity (Wildman–Crippen MR) is 65.3 cm³/mol. The summed E-state index contributed by atoms with van der Waals surface area (Å²) < 4.78 is 22.7. The number of aliphatic hydroxyl groups is 1. The number of rotatable bonds is 3. The van der Waals surface area contributed by atoms with Gasteiger partial charge in [0.25, 0.3) is 0 Å². The van der Waals surface area contributed by atoms with Crippen molar-refractivity contribution >= 4 is 15.7 Å². The molecule has 1 saturated heterocycles. The Balaban J connectivity index is 2.72. The summed E-state index contributed by atoms with van der Waals surface area (Å²) in [6.45, 7) is 4.28. The standard InChI is InChI=1S/C11H21NO4S/c1-4-9-7-12(6-5-10(9)13)11(14)8(2)17(3,15)16/h8-10,13H,4-7H2,1-3H3. The van der Waals surface area contributed by atoms with Gasteiger partial charge < -0.3 is 10.0 Å². The second-order valence-electron chi connectivity index (χ2n) is 4.78. The van der Waals surface area contributed by atoms with Gasteiger partial charge in [-0.1, -0.05) is 6.92 Å². The zero-order chi connectivity index (χ0) is 13.2. The summed E-state index contributed by atoms with van der Waals surface area (Å²) in [6, 6.07) is 0. The molecule has 6 heteroatoms. The zero-order valence-electron chi connectivity index (χ0n) is 10.6. The van der Waals surface area contributed by atoms with Crippen molar-refractivity contribution in [2.24, 2.45) is 5.92 Å². The van der Waals surface area contributed by atoms with Crippen molar-refractivity contribution < 1.29 is 18.3 Å². The summed E-state index contributed by atoms with van der Waals surface area (Å²) in [6.07, 6.45) is 2.02. The molecule has 0 aromatic carbocycles. The van der Waals surface area contributed by atoms with E-state index >= 15 is 0 Å². The predicted octanol–water partition coefficient (Wildman–Crippen LogP) is 0.0389. The second-order valence-corrected chi connectivity index (χ2v) is 7.15. The van der Waals surface area contributed by atoms with E-state index in [4.69, 9.17) is 0 Å². The average Bonchev–Trinajstić information content (AvgIpc) is 2.26. The van der Waals surface area contributed by atoms with Crippen LogP contribution in [0.15, 0.2) is 0 Å². The minimum atomic E-state index is -3.34. The Labute approximate surface area is 103 Å². The Kier molecular flexibility index (Phi) is 4.55. The van der Waals surface area contributed by atoms with Gasteiger partial charge >= 0.3 is 0 Å². The molecule has 0 radical (unpaired) electrons. The number of hydrogen-bond acceptors (Lipinski definition) is 4. The summed E-state index contributed by atoms with van der Waals surface area (Å²) in [4.78, 5) is 13.5. The summed E-state index contributed by atoms with van der Waals surface area (Å²) in [5, 5.41) is 8.72. The lowest BCUT2D eigenvalue weighted by Crippen LogP contribution is -2.49. The fraction of sp³-hybridized carbons (Fsp3) is 0.909. The van der Waals surface area contributed by atoms with Gasteiger partial charge in [0, 0.05) is 25.3 Å². The van der Waals surface area contributed by atoms with Crippen molar-refractivity contribution in [2.75, 3.05) is 19.3 Å². The Morgan fingerprint density at radius 2 is 2.12 bits per heavy atom. The third kappa shape index (κ3) is 3.42. The molecule has 5 nitrogen and oxygen atoms in total. The number of piperidine rings is 1. The summed E-state index contributed by atoms with van der Waals surface area (Å²) >= 11 is 0. The minimum Gasteiger partial charge on any atom is -0.393 e. The maximum atomic E-state index is 12.0. The quantitative estimate of drug-likeness (QED) is 0.780. The van der Waals surface area contributed by atoms with Crippen LogP contribution in [-0.4, -0.2) is 55.0 Å². The van der Waals surface area contributed by atoms with Crippen LogP contribution in [0.25, 0.3) is 0 Å². The van der Waals surface area contributed by atoms with E-state index in [1.54, 1.807) is 4.90 Å². The zero-order valence-corrected chi connectivity index (χ0v) is 11.4. The van der Waals surface area contributed by atoms with E-state index in [9.17, 15) is 18.3 Å². The first-order chi connectivity index (χ1) is 7.77. The maximum Gasteiger partial charge on any atom is 0.240 e. The van der Waals surface area contributed by atoms with Gasteiger partial charge in [0.05, 0.1) is 6.10 Å². The first-order valence-corrected chi connectivity index (χ1v) is 7.88. The Bertz CT molecular complexity index is 379. The molecule has 100 valence electrons. The Morgan fingerprint density at radius 3 is 2.59 bits per heavy atom. The van der Waals surface area contributed by atoms with Gasteiger partial charge in [0.1, 0.15) is 5.25 Å². The van der Waals surface area contributed by atoms with Crippen molar-refractivity contribution in [1.29, 1.82) is 0 Å². The molecule has 1 amide bonds. The molecule has 1 fully saturated rings. The highest BCUT2D eigenvalue weighted by Gasteiger charge is 2.34. The van der Waals surface area contributed by atoms with Crippen LogP contribution in [-0.2, 0) is 14.6 Å². The van der Waals surface area contributed by atoms with Crippen LogP contribution in [0.3, 0.4) is 0 Å². The number of hydrogen-bond donors (Lipinski definition) is 1. The number of nitrogens with zero attached hydrogens (tertiary/aromatic N) is 1. The third-order valence-electron chi connectivity index (χ3n) is 3.52. The first kappa shape index (κ1) is 14.4. The van der Waals surface area contributed by atoms with Crippen LogP contribution in [0, 0.1) is 5.92 Å². The van der Waals surface area contributed by atoms with Crippen LogP contribution in [0.5, 0.6) is 0 Å². The topological polar surface area (TPSA) is 74.7 Å². The van der Waals surface area contributed by atoms with Gasteiger partial charge in [-0.3, -0.25) is 4.79 Å². The van der Waals surface area contributed by atoms with Crippen LogP contribution >= 0.6 is 0 Å². The molecule has 0 spiro atoms. The minimum absolute atomic E-state index is 0.0551. The van der Waals surface area contributed by atoms with Crippen molar-refractivity contribution in [2.45, 2.75) is 38.0 Å². The highest BCUT2D eigenvalue weighted by Crippen LogP contribution is 2.21. The number of likely N-dealkylation sites (tertiary alicyclic amines) is 1. The van der Waals surface area contributed by atoms with Gasteiger partial charge in [0.2, 0.25) is 5.91 Å². The molecule has 1 aliphatic heterocycles. The molecule has 0 saturated carbocycles.